The maximum Gasteiger partial charge on any atom is 0.0210 e. The van der Waals surface area contributed by atoms with E-state index in [4.69, 9.17) is 0 Å². The van der Waals surface area contributed by atoms with Gasteiger partial charge in [0.2, 0.25) is 0 Å². The third kappa shape index (κ3) is 2.60. The molecule has 1 aliphatic carbocycles. The van der Waals surface area contributed by atoms with Gasteiger partial charge in [0, 0.05) is 12.1 Å². The van der Waals surface area contributed by atoms with Gasteiger partial charge in [0.25, 0.3) is 0 Å². The molecule has 1 saturated carbocycles. The lowest BCUT2D eigenvalue weighted by atomic mass is 9.78. The largest absolute Gasteiger partial charge is 0.307 e. The van der Waals surface area contributed by atoms with E-state index in [9.17, 15) is 0 Å². The summed E-state index contributed by atoms with van der Waals surface area (Å²) in [6.07, 6.45) is 4.05. The van der Waals surface area contributed by atoms with E-state index in [0.717, 1.165) is 6.54 Å². The van der Waals surface area contributed by atoms with Gasteiger partial charge in [-0.1, -0.05) is 29.3 Å². The summed E-state index contributed by atoms with van der Waals surface area (Å²) in [6.45, 7) is 7.68. The Morgan fingerprint density at radius 1 is 1.13 bits per heavy atom. The monoisotopic (exact) mass is 203 g/mol. The quantitative estimate of drug-likeness (QED) is 0.794. The van der Waals surface area contributed by atoms with Crippen LogP contribution in [0.2, 0.25) is 0 Å². The highest BCUT2D eigenvalue weighted by molar-refractivity contribution is 5.28. The molecular formula is C14H21N. The van der Waals surface area contributed by atoms with E-state index in [-0.39, 0.29) is 0 Å². The number of rotatable bonds is 3. The zero-order valence-corrected chi connectivity index (χ0v) is 10.1. The van der Waals surface area contributed by atoms with Crippen molar-refractivity contribution in [2.24, 2.45) is 0 Å². The second kappa shape index (κ2) is 3.97. The van der Waals surface area contributed by atoms with Gasteiger partial charge in [-0.25, -0.2) is 0 Å². The van der Waals surface area contributed by atoms with E-state index in [2.05, 4.69) is 44.3 Å². The molecule has 15 heavy (non-hydrogen) atoms. The molecule has 1 aromatic carbocycles. The molecule has 2 rings (SSSR count). The van der Waals surface area contributed by atoms with E-state index in [0.29, 0.717) is 5.54 Å². The molecule has 0 heterocycles. The van der Waals surface area contributed by atoms with Crippen molar-refractivity contribution >= 4 is 0 Å². The van der Waals surface area contributed by atoms with Gasteiger partial charge < -0.3 is 5.32 Å². The first-order valence-corrected chi connectivity index (χ1v) is 5.90. The minimum Gasteiger partial charge on any atom is -0.307 e. The zero-order valence-electron chi connectivity index (χ0n) is 10.1. The van der Waals surface area contributed by atoms with Crippen LogP contribution in [-0.2, 0) is 6.54 Å². The summed E-state index contributed by atoms with van der Waals surface area (Å²) in [6, 6.07) is 6.79. The smallest absolute Gasteiger partial charge is 0.0210 e. The molecule has 1 aromatic rings. The van der Waals surface area contributed by atoms with E-state index < -0.39 is 0 Å². The molecule has 0 radical (unpaired) electrons. The Labute approximate surface area is 92.9 Å². The molecule has 1 nitrogen and oxygen atoms in total. The van der Waals surface area contributed by atoms with Crippen molar-refractivity contribution in [3.8, 4) is 0 Å². The number of aryl methyl sites for hydroxylation is 2. The van der Waals surface area contributed by atoms with Crippen LogP contribution >= 0.6 is 0 Å². The fraction of sp³-hybridized carbons (Fsp3) is 0.571. The fourth-order valence-corrected chi connectivity index (χ4v) is 2.37. The average molecular weight is 203 g/mol. The first-order valence-electron chi connectivity index (χ1n) is 5.90. The fourth-order valence-electron chi connectivity index (χ4n) is 2.37. The van der Waals surface area contributed by atoms with Crippen molar-refractivity contribution < 1.29 is 0 Å². The zero-order chi connectivity index (χ0) is 10.9. The number of nitrogens with one attached hydrogen (secondary N) is 1. The molecule has 0 atom stereocenters. The number of hydrogen-bond acceptors (Lipinski definition) is 1. The standard InChI is InChI=1S/C14H21N/c1-11-7-12(2)9-13(8-11)10-15-14(3)5-4-6-14/h7-9,15H,4-6,10H2,1-3H3. The maximum atomic E-state index is 3.67. The van der Waals surface area contributed by atoms with E-state index in [1.54, 1.807) is 0 Å². The third-order valence-electron chi connectivity index (χ3n) is 3.46. The topological polar surface area (TPSA) is 12.0 Å². The minimum absolute atomic E-state index is 0.414. The summed E-state index contributed by atoms with van der Waals surface area (Å²) in [5.41, 5.74) is 4.56. The summed E-state index contributed by atoms with van der Waals surface area (Å²) >= 11 is 0. The minimum atomic E-state index is 0.414. The van der Waals surface area contributed by atoms with Gasteiger partial charge in [0.1, 0.15) is 0 Å². The van der Waals surface area contributed by atoms with Crippen LogP contribution in [0.3, 0.4) is 0 Å². The SMILES string of the molecule is Cc1cc(C)cc(CNC2(C)CCC2)c1. The van der Waals surface area contributed by atoms with Gasteiger partial charge in [0.15, 0.2) is 0 Å². The molecule has 1 N–H and O–H groups in total. The van der Waals surface area contributed by atoms with Crippen molar-refractivity contribution in [1.29, 1.82) is 0 Å². The van der Waals surface area contributed by atoms with E-state index in [1.807, 2.05) is 0 Å². The maximum absolute atomic E-state index is 3.67. The highest BCUT2D eigenvalue weighted by Crippen LogP contribution is 2.31. The van der Waals surface area contributed by atoms with Crippen LogP contribution in [-0.4, -0.2) is 5.54 Å². The highest BCUT2D eigenvalue weighted by atomic mass is 15.0. The Morgan fingerprint density at radius 2 is 1.73 bits per heavy atom. The first-order chi connectivity index (χ1) is 7.07. The lowest BCUT2D eigenvalue weighted by Gasteiger charge is -2.39. The second-order valence-corrected chi connectivity index (χ2v) is 5.26. The summed E-state index contributed by atoms with van der Waals surface area (Å²) in [5.74, 6) is 0. The van der Waals surface area contributed by atoms with Crippen LogP contribution in [0.1, 0.15) is 42.9 Å². The Hall–Kier alpha value is -0.820. The average Bonchev–Trinajstić information content (AvgIpc) is 2.10. The molecule has 0 saturated heterocycles. The molecule has 1 heteroatoms. The van der Waals surface area contributed by atoms with Gasteiger partial charge in [-0.3, -0.25) is 0 Å². The molecule has 1 fully saturated rings. The lowest BCUT2D eigenvalue weighted by Crippen LogP contribution is -2.47. The molecular weight excluding hydrogens is 182 g/mol. The Balaban J connectivity index is 1.98. The van der Waals surface area contributed by atoms with Gasteiger partial charge in [-0.05, 0) is 45.6 Å². The number of hydrogen-bond donors (Lipinski definition) is 1. The Kier molecular flexibility index (Phi) is 2.83. The van der Waals surface area contributed by atoms with Gasteiger partial charge in [-0.15, -0.1) is 0 Å². The van der Waals surface area contributed by atoms with Crippen molar-refractivity contribution in [3.05, 3.63) is 34.9 Å². The van der Waals surface area contributed by atoms with Crippen molar-refractivity contribution in [2.45, 2.75) is 52.1 Å². The van der Waals surface area contributed by atoms with Crippen molar-refractivity contribution in [1.82, 2.24) is 5.32 Å². The van der Waals surface area contributed by atoms with Crippen LogP contribution in [0.15, 0.2) is 18.2 Å². The van der Waals surface area contributed by atoms with Gasteiger partial charge in [0.05, 0.1) is 0 Å². The van der Waals surface area contributed by atoms with Crippen LogP contribution in [0.25, 0.3) is 0 Å². The summed E-state index contributed by atoms with van der Waals surface area (Å²) in [4.78, 5) is 0. The molecule has 82 valence electrons. The van der Waals surface area contributed by atoms with E-state index in [1.165, 1.54) is 36.0 Å². The predicted octanol–water partition coefficient (Wildman–Crippen LogP) is 3.34. The van der Waals surface area contributed by atoms with E-state index >= 15 is 0 Å². The highest BCUT2D eigenvalue weighted by Gasteiger charge is 2.30. The molecule has 0 unspecified atom stereocenters. The Bertz CT molecular complexity index is 330. The molecule has 1 aliphatic rings. The molecule has 0 bridgehead atoms. The third-order valence-corrected chi connectivity index (χ3v) is 3.46. The molecule has 0 aliphatic heterocycles. The Morgan fingerprint density at radius 3 is 2.20 bits per heavy atom. The van der Waals surface area contributed by atoms with Gasteiger partial charge in [-0.2, -0.15) is 0 Å². The second-order valence-electron chi connectivity index (χ2n) is 5.26. The van der Waals surface area contributed by atoms with Crippen molar-refractivity contribution in [2.75, 3.05) is 0 Å². The summed E-state index contributed by atoms with van der Waals surface area (Å²) in [5, 5.41) is 3.67. The van der Waals surface area contributed by atoms with Gasteiger partial charge >= 0.3 is 0 Å². The van der Waals surface area contributed by atoms with Crippen LogP contribution in [0.5, 0.6) is 0 Å². The summed E-state index contributed by atoms with van der Waals surface area (Å²) in [7, 11) is 0. The molecule has 0 amide bonds. The lowest BCUT2D eigenvalue weighted by molar-refractivity contribution is 0.207. The number of benzene rings is 1. The summed E-state index contributed by atoms with van der Waals surface area (Å²) < 4.78 is 0. The molecule has 0 spiro atoms. The molecule has 0 aromatic heterocycles. The van der Waals surface area contributed by atoms with Crippen LogP contribution in [0, 0.1) is 13.8 Å². The normalized spacial score (nSPS) is 18.6. The van der Waals surface area contributed by atoms with Crippen LogP contribution < -0.4 is 5.32 Å². The predicted molar refractivity (Wildman–Crippen MR) is 65.0 cm³/mol. The van der Waals surface area contributed by atoms with Crippen LogP contribution in [0.4, 0.5) is 0 Å². The first kappa shape index (κ1) is 10.7. The van der Waals surface area contributed by atoms with Crippen molar-refractivity contribution in [3.63, 3.8) is 0 Å².